The van der Waals surface area contributed by atoms with E-state index < -0.39 is 0 Å². The molecule has 0 aliphatic carbocycles. The topological polar surface area (TPSA) is 52.8 Å². The summed E-state index contributed by atoms with van der Waals surface area (Å²) in [7, 11) is 1.87. The van der Waals surface area contributed by atoms with Crippen molar-refractivity contribution in [2.45, 2.75) is 19.0 Å². The fraction of sp³-hybridized carbons (Fsp3) is 0.364. The van der Waals surface area contributed by atoms with Crippen molar-refractivity contribution in [1.82, 2.24) is 19.7 Å². The summed E-state index contributed by atoms with van der Waals surface area (Å²) in [6.45, 7) is 3.83. The van der Waals surface area contributed by atoms with Gasteiger partial charge in [0, 0.05) is 13.1 Å². The number of aromatic nitrogens is 4. The average molecular weight is 285 g/mol. The van der Waals surface area contributed by atoms with Gasteiger partial charge in [0.1, 0.15) is 10.8 Å². The number of halogens is 1. The lowest BCUT2D eigenvalue weighted by Crippen LogP contribution is -1.95. The van der Waals surface area contributed by atoms with Crippen LogP contribution in [0.5, 0.6) is 11.6 Å². The van der Waals surface area contributed by atoms with E-state index in [1.165, 1.54) is 11.8 Å². The van der Waals surface area contributed by atoms with Gasteiger partial charge in [-0.05, 0) is 20.1 Å². The van der Waals surface area contributed by atoms with Crippen LogP contribution < -0.4 is 4.74 Å². The lowest BCUT2D eigenvalue weighted by atomic mass is 10.3. The molecular weight excluding hydrogens is 272 g/mol. The van der Waals surface area contributed by atoms with Crippen LogP contribution in [0.1, 0.15) is 11.4 Å². The quantitative estimate of drug-likeness (QED) is 0.493. The van der Waals surface area contributed by atoms with E-state index in [2.05, 4.69) is 15.1 Å². The molecule has 0 saturated carbocycles. The van der Waals surface area contributed by atoms with E-state index in [0.717, 1.165) is 11.4 Å². The summed E-state index contributed by atoms with van der Waals surface area (Å²) in [5.41, 5.74) is 1.75. The second-order valence-electron chi connectivity index (χ2n) is 3.74. The number of thioether (sulfide) groups is 1. The van der Waals surface area contributed by atoms with Gasteiger partial charge in [0.15, 0.2) is 10.9 Å². The van der Waals surface area contributed by atoms with E-state index in [9.17, 15) is 0 Å². The first-order valence-electron chi connectivity index (χ1n) is 5.28. The minimum atomic E-state index is 0.364. The van der Waals surface area contributed by atoms with Crippen molar-refractivity contribution in [2.24, 2.45) is 7.05 Å². The van der Waals surface area contributed by atoms with Gasteiger partial charge in [-0.15, -0.1) is 0 Å². The van der Waals surface area contributed by atoms with Gasteiger partial charge in [0.2, 0.25) is 5.88 Å². The Kier molecular flexibility index (Phi) is 3.77. The van der Waals surface area contributed by atoms with Gasteiger partial charge < -0.3 is 4.74 Å². The van der Waals surface area contributed by atoms with Crippen LogP contribution in [0.15, 0.2) is 11.2 Å². The van der Waals surface area contributed by atoms with Crippen LogP contribution >= 0.6 is 23.4 Å². The van der Waals surface area contributed by atoms with Crippen molar-refractivity contribution in [3.8, 4) is 11.6 Å². The van der Waals surface area contributed by atoms with Crippen molar-refractivity contribution in [3.05, 3.63) is 22.6 Å². The van der Waals surface area contributed by atoms with E-state index in [1.54, 1.807) is 10.7 Å². The Morgan fingerprint density at radius 1 is 1.33 bits per heavy atom. The summed E-state index contributed by atoms with van der Waals surface area (Å²) in [5.74, 6) is 1.14. The fourth-order valence-electron chi connectivity index (χ4n) is 1.53. The maximum Gasteiger partial charge on any atom is 0.224 e. The van der Waals surface area contributed by atoms with Crippen LogP contribution in [0.3, 0.4) is 0 Å². The molecule has 2 aromatic heterocycles. The number of aryl methyl sites for hydroxylation is 2. The number of hydrogen-bond acceptors (Lipinski definition) is 5. The van der Waals surface area contributed by atoms with E-state index >= 15 is 0 Å². The highest BCUT2D eigenvalue weighted by atomic mass is 35.5. The Bertz CT molecular complexity index is 585. The third-order valence-corrected chi connectivity index (χ3v) is 3.22. The largest absolute Gasteiger partial charge is 0.435 e. The normalized spacial score (nSPS) is 10.7. The van der Waals surface area contributed by atoms with Crippen LogP contribution in [0.4, 0.5) is 0 Å². The van der Waals surface area contributed by atoms with E-state index in [4.69, 9.17) is 16.3 Å². The predicted octanol–water partition coefficient (Wildman–Crippen LogP) is 2.99. The monoisotopic (exact) mass is 284 g/mol. The van der Waals surface area contributed by atoms with Gasteiger partial charge in [-0.2, -0.15) is 10.1 Å². The molecule has 0 atom stereocenters. The van der Waals surface area contributed by atoms with Crippen LogP contribution in [0, 0.1) is 13.8 Å². The Hall–Kier alpha value is -1.27. The third-order valence-electron chi connectivity index (χ3n) is 2.48. The Morgan fingerprint density at radius 2 is 2.06 bits per heavy atom. The highest BCUT2D eigenvalue weighted by Gasteiger charge is 2.13. The third kappa shape index (κ3) is 2.59. The molecule has 0 aliphatic rings. The van der Waals surface area contributed by atoms with Crippen molar-refractivity contribution < 1.29 is 4.74 Å². The maximum absolute atomic E-state index is 5.91. The average Bonchev–Trinajstić information content (AvgIpc) is 2.55. The first kappa shape index (κ1) is 13.2. The van der Waals surface area contributed by atoms with Crippen LogP contribution in [-0.2, 0) is 7.05 Å². The van der Waals surface area contributed by atoms with Crippen LogP contribution in [-0.4, -0.2) is 26.0 Å². The Labute approximate surface area is 115 Å². The van der Waals surface area contributed by atoms with Gasteiger partial charge >= 0.3 is 0 Å². The molecule has 18 heavy (non-hydrogen) atoms. The highest BCUT2D eigenvalue weighted by molar-refractivity contribution is 7.98. The number of rotatable bonds is 3. The van der Waals surface area contributed by atoms with E-state index in [0.29, 0.717) is 21.9 Å². The highest BCUT2D eigenvalue weighted by Crippen LogP contribution is 2.28. The molecule has 2 aromatic rings. The van der Waals surface area contributed by atoms with Crippen molar-refractivity contribution in [3.63, 3.8) is 0 Å². The predicted molar refractivity (Wildman–Crippen MR) is 71.6 cm³/mol. The molecule has 0 spiro atoms. The summed E-state index contributed by atoms with van der Waals surface area (Å²) in [6.07, 6.45) is 1.88. The zero-order valence-corrected chi connectivity index (χ0v) is 12.1. The number of nitrogens with zero attached hydrogens (tertiary/aromatic N) is 4. The molecule has 0 unspecified atom stereocenters. The fourth-order valence-corrected chi connectivity index (χ4v) is 2.12. The maximum atomic E-state index is 5.91. The van der Waals surface area contributed by atoms with Gasteiger partial charge in [-0.1, -0.05) is 23.4 Å². The van der Waals surface area contributed by atoms with Gasteiger partial charge in [0.25, 0.3) is 0 Å². The molecule has 2 rings (SSSR count). The molecule has 0 radical (unpaired) electrons. The smallest absolute Gasteiger partial charge is 0.224 e. The molecule has 7 heteroatoms. The van der Waals surface area contributed by atoms with Crippen LogP contribution in [0.25, 0.3) is 0 Å². The lowest BCUT2D eigenvalue weighted by Gasteiger charge is -2.06. The lowest BCUT2D eigenvalue weighted by molar-refractivity contribution is 0.448. The molecule has 2 heterocycles. The molecule has 0 fully saturated rings. The minimum Gasteiger partial charge on any atom is -0.435 e. The standard InChI is InChI=1S/C11H13ClN4OS/c1-6-10(7(2)16(3)15-6)17-9-5-8(12)13-11(14-9)18-4/h5H,1-4H3. The van der Waals surface area contributed by atoms with E-state index in [1.807, 2.05) is 27.2 Å². The van der Waals surface area contributed by atoms with E-state index in [-0.39, 0.29) is 0 Å². The van der Waals surface area contributed by atoms with Gasteiger partial charge in [-0.25, -0.2) is 4.98 Å². The van der Waals surface area contributed by atoms with Crippen molar-refractivity contribution in [2.75, 3.05) is 6.26 Å². The Balaban J connectivity index is 2.36. The zero-order valence-electron chi connectivity index (χ0n) is 10.6. The summed E-state index contributed by atoms with van der Waals surface area (Å²) in [5, 5.41) is 5.23. The molecule has 0 N–H and O–H groups in total. The first-order valence-corrected chi connectivity index (χ1v) is 6.88. The molecule has 96 valence electrons. The summed E-state index contributed by atoms with van der Waals surface area (Å²) < 4.78 is 7.52. The van der Waals surface area contributed by atoms with Crippen LogP contribution in [0.2, 0.25) is 5.15 Å². The summed E-state index contributed by atoms with van der Waals surface area (Å²) in [4.78, 5) is 8.31. The van der Waals surface area contributed by atoms with Crippen molar-refractivity contribution in [1.29, 1.82) is 0 Å². The molecule has 0 saturated heterocycles. The van der Waals surface area contributed by atoms with Gasteiger partial charge in [0.05, 0.1) is 5.69 Å². The molecule has 0 aromatic carbocycles. The first-order chi connectivity index (χ1) is 8.51. The molecule has 0 aliphatic heterocycles. The second kappa shape index (κ2) is 5.16. The van der Waals surface area contributed by atoms with Gasteiger partial charge in [-0.3, -0.25) is 4.68 Å². The number of ether oxygens (including phenoxy) is 1. The molecule has 0 bridgehead atoms. The summed E-state index contributed by atoms with van der Waals surface area (Å²) >= 11 is 7.33. The number of hydrogen-bond donors (Lipinski definition) is 0. The molecular formula is C11H13ClN4OS. The molecule has 5 nitrogen and oxygen atoms in total. The summed E-state index contributed by atoms with van der Waals surface area (Å²) in [6, 6.07) is 1.59. The molecule has 0 amide bonds. The van der Waals surface area contributed by atoms with Crippen molar-refractivity contribution >= 4 is 23.4 Å². The zero-order chi connectivity index (χ0) is 13.3. The minimum absolute atomic E-state index is 0.364. The Morgan fingerprint density at radius 3 is 2.61 bits per heavy atom. The SMILES string of the molecule is CSc1nc(Cl)cc(Oc2c(C)nn(C)c2C)n1. The second-order valence-corrected chi connectivity index (χ2v) is 4.90.